The Morgan fingerprint density at radius 3 is 3.10 bits per heavy atom. The van der Waals surface area contributed by atoms with Crippen LogP contribution >= 0.6 is 23.1 Å². The Labute approximate surface area is 127 Å². The standard InChI is InChI=1S/C14H19N3OS2/c1-3-17-14(10(18-2)7-16-17)13(15)12-6-9-8-19-5-4-11(9)20-12/h6-7,13H,3-5,8,15H2,1-2H3. The summed E-state index contributed by atoms with van der Waals surface area (Å²) in [5.74, 6) is 3.11. The van der Waals surface area contributed by atoms with Crippen molar-refractivity contribution in [1.82, 2.24) is 9.78 Å². The van der Waals surface area contributed by atoms with Crippen LogP contribution in [0.25, 0.3) is 0 Å². The Morgan fingerprint density at radius 2 is 2.40 bits per heavy atom. The molecule has 4 nitrogen and oxygen atoms in total. The van der Waals surface area contributed by atoms with Crippen molar-refractivity contribution < 1.29 is 4.74 Å². The van der Waals surface area contributed by atoms with Gasteiger partial charge >= 0.3 is 0 Å². The monoisotopic (exact) mass is 309 g/mol. The number of rotatable bonds is 4. The smallest absolute Gasteiger partial charge is 0.161 e. The Bertz CT molecular complexity index is 561. The van der Waals surface area contributed by atoms with E-state index in [-0.39, 0.29) is 6.04 Å². The van der Waals surface area contributed by atoms with E-state index in [4.69, 9.17) is 10.5 Å². The molecule has 3 rings (SSSR count). The molecule has 0 aromatic carbocycles. The van der Waals surface area contributed by atoms with Gasteiger partial charge in [-0.25, -0.2) is 0 Å². The van der Waals surface area contributed by atoms with Gasteiger partial charge in [0, 0.05) is 22.1 Å². The van der Waals surface area contributed by atoms with Crippen molar-refractivity contribution in [2.75, 3.05) is 12.9 Å². The summed E-state index contributed by atoms with van der Waals surface area (Å²) in [5.41, 5.74) is 8.92. The summed E-state index contributed by atoms with van der Waals surface area (Å²) in [7, 11) is 1.67. The highest BCUT2D eigenvalue weighted by atomic mass is 32.2. The summed E-state index contributed by atoms with van der Waals surface area (Å²) in [6, 6.07) is 2.11. The van der Waals surface area contributed by atoms with E-state index in [9.17, 15) is 0 Å². The van der Waals surface area contributed by atoms with E-state index in [1.807, 2.05) is 27.8 Å². The van der Waals surface area contributed by atoms with E-state index < -0.39 is 0 Å². The van der Waals surface area contributed by atoms with Gasteiger partial charge in [-0.15, -0.1) is 11.3 Å². The van der Waals surface area contributed by atoms with Gasteiger partial charge in [-0.05, 0) is 30.7 Å². The van der Waals surface area contributed by atoms with Crippen molar-refractivity contribution >= 4 is 23.1 Å². The summed E-state index contributed by atoms with van der Waals surface area (Å²) >= 11 is 3.84. The van der Waals surface area contributed by atoms with Crippen molar-refractivity contribution in [3.8, 4) is 5.75 Å². The Morgan fingerprint density at radius 1 is 1.55 bits per heavy atom. The molecule has 1 aliphatic heterocycles. The maximum atomic E-state index is 6.49. The van der Waals surface area contributed by atoms with Gasteiger partial charge in [0.2, 0.25) is 0 Å². The minimum Gasteiger partial charge on any atom is -0.493 e. The Hall–Kier alpha value is -0.980. The first-order valence-corrected chi connectivity index (χ1v) is 8.76. The first kappa shape index (κ1) is 14.0. The fourth-order valence-electron chi connectivity index (χ4n) is 2.56. The normalized spacial score (nSPS) is 15.9. The topological polar surface area (TPSA) is 53.1 Å². The number of thiophene rings is 1. The van der Waals surface area contributed by atoms with Gasteiger partial charge in [0.1, 0.15) is 5.69 Å². The number of thioether (sulfide) groups is 1. The molecule has 0 spiro atoms. The highest BCUT2D eigenvalue weighted by Crippen LogP contribution is 2.37. The minimum absolute atomic E-state index is 0.159. The van der Waals surface area contributed by atoms with Gasteiger partial charge in [0.05, 0.1) is 19.3 Å². The SMILES string of the molecule is CCn1ncc(OC)c1C(N)c1cc2c(s1)CCSC2. The number of ether oxygens (including phenoxy) is 1. The molecule has 0 fully saturated rings. The van der Waals surface area contributed by atoms with Crippen LogP contribution in [0, 0.1) is 0 Å². The van der Waals surface area contributed by atoms with E-state index in [2.05, 4.69) is 18.1 Å². The van der Waals surface area contributed by atoms with Crippen LogP contribution in [0.1, 0.15) is 34.0 Å². The van der Waals surface area contributed by atoms with Crippen LogP contribution in [0.15, 0.2) is 12.3 Å². The molecule has 1 aliphatic rings. The molecular formula is C14H19N3OS2. The second kappa shape index (κ2) is 5.79. The fourth-order valence-corrected chi connectivity index (χ4v) is 4.94. The van der Waals surface area contributed by atoms with E-state index in [0.717, 1.165) is 23.7 Å². The molecule has 0 bridgehead atoms. The second-order valence-corrected chi connectivity index (χ2v) is 7.06. The number of nitrogens with two attached hydrogens (primary N) is 1. The summed E-state index contributed by atoms with van der Waals surface area (Å²) in [6.45, 7) is 2.87. The molecule has 2 aromatic heterocycles. The van der Waals surface area contributed by atoms with E-state index in [0.29, 0.717) is 0 Å². The average molecular weight is 309 g/mol. The molecule has 2 N–H and O–H groups in total. The number of fused-ring (bicyclic) bond motifs is 1. The zero-order valence-electron chi connectivity index (χ0n) is 11.8. The Balaban J connectivity index is 1.97. The van der Waals surface area contributed by atoms with Gasteiger partial charge in [-0.2, -0.15) is 16.9 Å². The maximum absolute atomic E-state index is 6.49. The highest BCUT2D eigenvalue weighted by Gasteiger charge is 2.23. The van der Waals surface area contributed by atoms with Crippen molar-refractivity contribution in [3.05, 3.63) is 33.3 Å². The number of aromatic nitrogens is 2. The maximum Gasteiger partial charge on any atom is 0.161 e. The van der Waals surface area contributed by atoms with Gasteiger partial charge in [0.15, 0.2) is 5.75 Å². The number of methoxy groups -OCH3 is 1. The predicted molar refractivity (Wildman–Crippen MR) is 84.7 cm³/mol. The van der Waals surface area contributed by atoms with Crippen LogP contribution in [0.5, 0.6) is 5.75 Å². The molecule has 0 radical (unpaired) electrons. The molecule has 6 heteroatoms. The van der Waals surface area contributed by atoms with Gasteiger partial charge in [-0.3, -0.25) is 4.68 Å². The molecule has 0 amide bonds. The molecule has 1 unspecified atom stereocenters. The lowest BCUT2D eigenvalue weighted by Crippen LogP contribution is -2.17. The first-order valence-electron chi connectivity index (χ1n) is 6.79. The molecule has 3 heterocycles. The lowest BCUT2D eigenvalue weighted by atomic mass is 10.1. The van der Waals surface area contributed by atoms with E-state index in [1.165, 1.54) is 27.5 Å². The zero-order chi connectivity index (χ0) is 14.1. The third-order valence-corrected chi connectivity index (χ3v) is 5.94. The summed E-state index contributed by atoms with van der Waals surface area (Å²) in [5, 5.41) is 4.35. The van der Waals surface area contributed by atoms with Gasteiger partial charge < -0.3 is 10.5 Å². The quantitative estimate of drug-likeness (QED) is 0.943. The van der Waals surface area contributed by atoms with Crippen molar-refractivity contribution in [2.24, 2.45) is 5.73 Å². The molecule has 0 aliphatic carbocycles. The van der Waals surface area contributed by atoms with Crippen LogP contribution in [0.3, 0.4) is 0 Å². The predicted octanol–water partition coefficient (Wildman–Crippen LogP) is 2.81. The number of hydrogen-bond acceptors (Lipinski definition) is 5. The number of nitrogens with zero attached hydrogens (tertiary/aromatic N) is 2. The summed E-state index contributed by atoms with van der Waals surface area (Å²) in [4.78, 5) is 2.71. The lowest BCUT2D eigenvalue weighted by Gasteiger charge is -2.13. The molecule has 1 atom stereocenters. The number of aryl methyl sites for hydroxylation is 2. The van der Waals surface area contributed by atoms with Crippen LogP contribution < -0.4 is 10.5 Å². The van der Waals surface area contributed by atoms with Crippen LogP contribution in [0.2, 0.25) is 0 Å². The third-order valence-electron chi connectivity index (χ3n) is 3.61. The minimum atomic E-state index is -0.159. The first-order chi connectivity index (χ1) is 9.74. The number of hydrogen-bond donors (Lipinski definition) is 1. The third kappa shape index (κ3) is 2.36. The lowest BCUT2D eigenvalue weighted by molar-refractivity contribution is 0.405. The van der Waals surface area contributed by atoms with Crippen LogP contribution in [0.4, 0.5) is 0 Å². The molecular weight excluding hydrogens is 290 g/mol. The molecule has 108 valence electrons. The second-order valence-electron chi connectivity index (χ2n) is 4.79. The average Bonchev–Trinajstić information content (AvgIpc) is 3.09. The van der Waals surface area contributed by atoms with Crippen LogP contribution in [-0.2, 0) is 18.7 Å². The van der Waals surface area contributed by atoms with E-state index in [1.54, 1.807) is 13.3 Å². The molecule has 20 heavy (non-hydrogen) atoms. The van der Waals surface area contributed by atoms with Crippen molar-refractivity contribution in [2.45, 2.75) is 31.7 Å². The highest BCUT2D eigenvalue weighted by molar-refractivity contribution is 7.98. The summed E-state index contributed by atoms with van der Waals surface area (Å²) in [6.07, 6.45) is 2.92. The fraction of sp³-hybridized carbons (Fsp3) is 0.500. The zero-order valence-corrected chi connectivity index (χ0v) is 13.4. The largest absolute Gasteiger partial charge is 0.493 e. The van der Waals surface area contributed by atoms with Crippen molar-refractivity contribution in [1.29, 1.82) is 0 Å². The molecule has 2 aromatic rings. The van der Waals surface area contributed by atoms with E-state index >= 15 is 0 Å². The van der Waals surface area contributed by atoms with Gasteiger partial charge in [-0.1, -0.05) is 0 Å². The van der Waals surface area contributed by atoms with Gasteiger partial charge in [0.25, 0.3) is 0 Å². The Kier molecular flexibility index (Phi) is 4.05. The summed E-state index contributed by atoms with van der Waals surface area (Å²) < 4.78 is 7.34. The molecule has 0 saturated carbocycles. The van der Waals surface area contributed by atoms with Crippen LogP contribution in [-0.4, -0.2) is 22.6 Å². The van der Waals surface area contributed by atoms with Crippen molar-refractivity contribution in [3.63, 3.8) is 0 Å². The molecule has 0 saturated heterocycles.